The van der Waals surface area contributed by atoms with Gasteiger partial charge in [0.25, 0.3) is 5.91 Å². The van der Waals surface area contributed by atoms with Gasteiger partial charge in [-0.2, -0.15) is 0 Å². The SMILES string of the molecule is CCNC(=O)c1cc(S(=O)(=O)NCc2ccc(-n3ccnc3C)cc2)ccc1OC. The lowest BCUT2D eigenvalue weighted by Crippen LogP contribution is -2.26. The summed E-state index contributed by atoms with van der Waals surface area (Å²) in [7, 11) is -2.39. The third-order valence-corrected chi connectivity index (χ3v) is 5.97. The van der Waals surface area contributed by atoms with E-state index in [1.54, 1.807) is 13.1 Å². The molecule has 0 fully saturated rings. The molecule has 8 nitrogen and oxygen atoms in total. The van der Waals surface area contributed by atoms with Crippen LogP contribution in [0.2, 0.25) is 0 Å². The van der Waals surface area contributed by atoms with Gasteiger partial charge in [0.15, 0.2) is 0 Å². The summed E-state index contributed by atoms with van der Waals surface area (Å²) in [5.41, 5.74) is 1.91. The number of hydrogen-bond acceptors (Lipinski definition) is 5. The van der Waals surface area contributed by atoms with Crippen LogP contribution in [0.15, 0.2) is 59.8 Å². The first-order valence-corrected chi connectivity index (χ1v) is 10.9. The van der Waals surface area contributed by atoms with Crippen molar-refractivity contribution < 1.29 is 17.9 Å². The van der Waals surface area contributed by atoms with Crippen LogP contribution in [0.4, 0.5) is 0 Å². The highest BCUT2D eigenvalue weighted by Gasteiger charge is 2.19. The Morgan fingerprint density at radius 1 is 1.17 bits per heavy atom. The maximum absolute atomic E-state index is 12.7. The Morgan fingerprint density at radius 3 is 2.50 bits per heavy atom. The number of benzene rings is 2. The molecule has 0 atom stereocenters. The fourth-order valence-corrected chi connectivity index (χ4v) is 4.02. The van der Waals surface area contributed by atoms with Gasteiger partial charge >= 0.3 is 0 Å². The second-order valence-electron chi connectivity index (χ2n) is 6.56. The average molecular weight is 429 g/mol. The molecule has 3 aromatic rings. The summed E-state index contributed by atoms with van der Waals surface area (Å²) < 4.78 is 35.2. The first kappa shape index (κ1) is 21.5. The van der Waals surface area contributed by atoms with Crippen LogP contribution in [-0.2, 0) is 16.6 Å². The molecule has 0 spiro atoms. The van der Waals surface area contributed by atoms with Crippen LogP contribution in [0.3, 0.4) is 0 Å². The lowest BCUT2D eigenvalue weighted by atomic mass is 10.2. The summed E-state index contributed by atoms with van der Waals surface area (Å²) in [5.74, 6) is 0.785. The predicted molar refractivity (Wildman–Crippen MR) is 113 cm³/mol. The van der Waals surface area contributed by atoms with Crippen molar-refractivity contribution >= 4 is 15.9 Å². The smallest absolute Gasteiger partial charge is 0.255 e. The van der Waals surface area contributed by atoms with Crippen LogP contribution in [0.25, 0.3) is 5.69 Å². The van der Waals surface area contributed by atoms with Crippen LogP contribution in [0.1, 0.15) is 28.7 Å². The van der Waals surface area contributed by atoms with E-state index in [2.05, 4.69) is 15.0 Å². The average Bonchev–Trinajstić information content (AvgIpc) is 3.18. The first-order chi connectivity index (χ1) is 14.4. The van der Waals surface area contributed by atoms with Crippen molar-refractivity contribution in [3.05, 3.63) is 71.8 Å². The van der Waals surface area contributed by atoms with Crippen LogP contribution >= 0.6 is 0 Å². The van der Waals surface area contributed by atoms with E-state index >= 15 is 0 Å². The van der Waals surface area contributed by atoms with Crippen molar-refractivity contribution in [2.24, 2.45) is 0 Å². The van der Waals surface area contributed by atoms with Crippen molar-refractivity contribution in [3.8, 4) is 11.4 Å². The number of amides is 1. The van der Waals surface area contributed by atoms with Gasteiger partial charge in [-0.1, -0.05) is 12.1 Å². The quantitative estimate of drug-likeness (QED) is 0.574. The minimum absolute atomic E-state index is 0.00443. The molecule has 0 aliphatic rings. The van der Waals surface area contributed by atoms with E-state index in [1.165, 1.54) is 25.3 Å². The lowest BCUT2D eigenvalue weighted by Gasteiger charge is -2.12. The van der Waals surface area contributed by atoms with E-state index < -0.39 is 15.9 Å². The van der Waals surface area contributed by atoms with Crippen molar-refractivity contribution in [3.63, 3.8) is 0 Å². The highest BCUT2D eigenvalue weighted by Crippen LogP contribution is 2.23. The Hall–Kier alpha value is -3.17. The fourth-order valence-electron chi connectivity index (χ4n) is 2.97. The number of hydrogen-bond donors (Lipinski definition) is 2. The predicted octanol–water partition coefficient (Wildman–Crippen LogP) is 2.42. The van der Waals surface area contributed by atoms with Gasteiger partial charge in [0, 0.05) is 31.2 Å². The summed E-state index contributed by atoms with van der Waals surface area (Å²) in [6, 6.07) is 11.7. The Morgan fingerprint density at radius 2 is 1.90 bits per heavy atom. The van der Waals surface area contributed by atoms with Crippen LogP contribution < -0.4 is 14.8 Å². The van der Waals surface area contributed by atoms with Crippen molar-refractivity contribution in [2.45, 2.75) is 25.3 Å². The van der Waals surface area contributed by atoms with Gasteiger partial charge in [-0.3, -0.25) is 4.79 Å². The summed E-state index contributed by atoms with van der Waals surface area (Å²) in [5, 5.41) is 2.65. The minimum Gasteiger partial charge on any atom is -0.496 e. The largest absolute Gasteiger partial charge is 0.496 e. The second-order valence-corrected chi connectivity index (χ2v) is 8.32. The van der Waals surface area contributed by atoms with Crippen LogP contribution in [-0.4, -0.2) is 37.5 Å². The zero-order valence-corrected chi connectivity index (χ0v) is 17.9. The molecular weight excluding hydrogens is 404 g/mol. The van der Waals surface area contributed by atoms with Gasteiger partial charge in [0.2, 0.25) is 10.0 Å². The Labute approximate surface area is 176 Å². The number of aryl methyl sites for hydroxylation is 1. The molecule has 0 aliphatic heterocycles. The number of carbonyl (C=O) groups excluding carboxylic acids is 1. The number of aromatic nitrogens is 2. The normalized spacial score (nSPS) is 11.3. The maximum Gasteiger partial charge on any atom is 0.255 e. The van der Waals surface area contributed by atoms with Gasteiger partial charge in [0.1, 0.15) is 11.6 Å². The zero-order chi connectivity index (χ0) is 21.7. The van der Waals surface area contributed by atoms with Gasteiger partial charge in [-0.15, -0.1) is 0 Å². The molecule has 0 saturated carbocycles. The van der Waals surface area contributed by atoms with Gasteiger partial charge < -0.3 is 14.6 Å². The van der Waals surface area contributed by atoms with Crippen molar-refractivity contribution in [2.75, 3.05) is 13.7 Å². The number of ether oxygens (including phenoxy) is 1. The summed E-state index contributed by atoms with van der Waals surface area (Å²) in [6.07, 6.45) is 3.59. The van der Waals surface area contributed by atoms with E-state index in [9.17, 15) is 13.2 Å². The monoisotopic (exact) mass is 428 g/mol. The third-order valence-electron chi connectivity index (χ3n) is 4.57. The van der Waals surface area contributed by atoms with Crippen molar-refractivity contribution in [1.29, 1.82) is 0 Å². The van der Waals surface area contributed by atoms with E-state index in [0.29, 0.717) is 12.3 Å². The molecule has 158 valence electrons. The molecule has 1 heterocycles. The summed E-state index contributed by atoms with van der Waals surface area (Å²) in [4.78, 5) is 16.4. The van der Waals surface area contributed by atoms with Crippen molar-refractivity contribution in [1.82, 2.24) is 19.6 Å². The van der Waals surface area contributed by atoms with Gasteiger partial charge in [-0.05, 0) is 49.7 Å². The molecular formula is C21H24N4O4S. The second kappa shape index (κ2) is 9.10. The lowest BCUT2D eigenvalue weighted by molar-refractivity contribution is 0.0952. The Kier molecular flexibility index (Phi) is 6.53. The number of methoxy groups -OCH3 is 1. The van der Waals surface area contributed by atoms with E-state index in [-0.39, 0.29) is 17.0 Å². The molecule has 0 saturated heterocycles. The maximum atomic E-state index is 12.7. The zero-order valence-electron chi connectivity index (χ0n) is 17.0. The topological polar surface area (TPSA) is 102 Å². The molecule has 1 aromatic heterocycles. The Bertz CT molecular complexity index is 1140. The number of nitrogens with one attached hydrogen (secondary N) is 2. The number of imidazole rings is 1. The highest BCUT2D eigenvalue weighted by molar-refractivity contribution is 7.89. The van der Waals surface area contributed by atoms with E-state index in [1.807, 2.05) is 42.0 Å². The fraction of sp³-hybridized carbons (Fsp3) is 0.238. The Balaban J connectivity index is 1.76. The molecule has 0 radical (unpaired) electrons. The molecule has 2 aromatic carbocycles. The van der Waals surface area contributed by atoms with Crippen LogP contribution in [0.5, 0.6) is 5.75 Å². The molecule has 1 amide bonds. The molecule has 3 rings (SSSR count). The van der Waals surface area contributed by atoms with E-state index in [0.717, 1.165) is 17.1 Å². The first-order valence-electron chi connectivity index (χ1n) is 9.41. The molecule has 0 aliphatic carbocycles. The standard InChI is InChI=1S/C21H24N4O4S/c1-4-22-21(26)19-13-18(9-10-20(19)29-3)30(27,28)24-14-16-5-7-17(8-6-16)25-12-11-23-15(25)2/h5-13,24H,4,14H2,1-3H3,(H,22,26). The molecule has 2 N–H and O–H groups in total. The molecule has 0 unspecified atom stereocenters. The molecule has 30 heavy (non-hydrogen) atoms. The summed E-state index contributed by atoms with van der Waals surface area (Å²) in [6.45, 7) is 4.23. The third kappa shape index (κ3) is 4.69. The minimum atomic E-state index is -3.82. The number of rotatable bonds is 8. The van der Waals surface area contributed by atoms with Gasteiger partial charge in [0.05, 0.1) is 17.6 Å². The number of sulfonamides is 1. The summed E-state index contributed by atoms with van der Waals surface area (Å²) >= 11 is 0. The van der Waals surface area contributed by atoms with Crippen LogP contribution in [0, 0.1) is 6.92 Å². The molecule has 0 bridgehead atoms. The highest BCUT2D eigenvalue weighted by atomic mass is 32.2. The number of nitrogens with zero attached hydrogens (tertiary/aromatic N) is 2. The molecule has 9 heteroatoms. The number of carbonyl (C=O) groups is 1. The van der Waals surface area contributed by atoms with E-state index in [4.69, 9.17) is 4.74 Å². The van der Waals surface area contributed by atoms with Gasteiger partial charge in [-0.25, -0.2) is 18.1 Å².